The molecule has 0 fully saturated rings. The van der Waals surface area contributed by atoms with Crippen molar-refractivity contribution in [3.05, 3.63) is 41.7 Å². The molecule has 0 saturated carbocycles. The van der Waals surface area contributed by atoms with Crippen LogP contribution < -0.4 is 15.4 Å². The van der Waals surface area contributed by atoms with Gasteiger partial charge in [-0.1, -0.05) is 19.1 Å². The zero-order valence-corrected chi connectivity index (χ0v) is 16.8. The van der Waals surface area contributed by atoms with Gasteiger partial charge < -0.3 is 15.4 Å². The van der Waals surface area contributed by atoms with E-state index < -0.39 is 0 Å². The van der Waals surface area contributed by atoms with E-state index >= 15 is 0 Å². The van der Waals surface area contributed by atoms with Crippen molar-refractivity contribution in [1.29, 1.82) is 0 Å². The Labute approximate surface area is 165 Å². The van der Waals surface area contributed by atoms with E-state index in [0.717, 1.165) is 50.0 Å². The quantitative estimate of drug-likeness (QED) is 0.562. The molecule has 7 nitrogen and oxygen atoms in total. The highest BCUT2D eigenvalue weighted by atomic mass is 19.1. The molecule has 0 radical (unpaired) electrons. The number of aromatic nitrogens is 3. The minimum absolute atomic E-state index is 0.236. The van der Waals surface area contributed by atoms with Gasteiger partial charge in [-0.2, -0.15) is 5.10 Å². The summed E-state index contributed by atoms with van der Waals surface area (Å²) in [5.41, 5.74) is 0. The lowest BCUT2D eigenvalue weighted by molar-refractivity contribution is 0.220. The second-order valence-corrected chi connectivity index (χ2v) is 6.94. The Morgan fingerprint density at radius 2 is 2.21 bits per heavy atom. The van der Waals surface area contributed by atoms with Crippen molar-refractivity contribution in [2.45, 2.75) is 58.7 Å². The Morgan fingerprint density at radius 1 is 1.39 bits per heavy atom. The predicted octanol–water partition coefficient (Wildman–Crippen LogP) is 2.32. The Morgan fingerprint density at radius 3 is 2.96 bits per heavy atom. The fourth-order valence-corrected chi connectivity index (χ4v) is 3.16. The molecule has 1 aliphatic rings. The third kappa shape index (κ3) is 5.21. The molecule has 8 heteroatoms. The zero-order chi connectivity index (χ0) is 19.9. The number of para-hydroxylation sites is 1. The Kier molecular flexibility index (Phi) is 6.84. The van der Waals surface area contributed by atoms with E-state index in [4.69, 9.17) is 4.74 Å². The number of ether oxygens (including phenoxy) is 1. The summed E-state index contributed by atoms with van der Waals surface area (Å²) in [7, 11) is 0. The predicted molar refractivity (Wildman–Crippen MR) is 107 cm³/mol. The smallest absolute Gasteiger partial charge is 0.191 e. The van der Waals surface area contributed by atoms with Gasteiger partial charge in [0.15, 0.2) is 23.4 Å². The van der Waals surface area contributed by atoms with Gasteiger partial charge in [0.1, 0.15) is 11.9 Å². The normalized spacial score (nSPS) is 17.7. The molecule has 152 valence electrons. The van der Waals surface area contributed by atoms with Crippen molar-refractivity contribution in [3.63, 3.8) is 0 Å². The number of benzene rings is 1. The molecule has 2 atom stereocenters. The lowest BCUT2D eigenvalue weighted by atomic mass is 10.1. The van der Waals surface area contributed by atoms with Gasteiger partial charge in [-0.05, 0) is 32.4 Å². The lowest BCUT2D eigenvalue weighted by Crippen LogP contribution is -2.47. The topological polar surface area (TPSA) is 76.4 Å². The van der Waals surface area contributed by atoms with Crippen molar-refractivity contribution in [1.82, 2.24) is 25.4 Å². The summed E-state index contributed by atoms with van der Waals surface area (Å²) in [4.78, 5) is 9.17. The number of halogens is 1. The van der Waals surface area contributed by atoms with Gasteiger partial charge in [0.2, 0.25) is 0 Å². The van der Waals surface area contributed by atoms with Crippen molar-refractivity contribution in [2.24, 2.45) is 4.99 Å². The van der Waals surface area contributed by atoms with Crippen LogP contribution in [0.25, 0.3) is 0 Å². The minimum atomic E-state index is -0.361. The van der Waals surface area contributed by atoms with E-state index in [1.165, 1.54) is 6.07 Å². The first-order valence-electron chi connectivity index (χ1n) is 9.97. The standard InChI is InChI=1S/C20H29FN6O/c1-4-18-25-19-11-10-15(13-27(19)26-18)24-20(22-5-2)23-12-14(3)28-17-9-7-6-8-16(17)21/h6-9,14-15H,4-5,10-13H2,1-3H3,(H2,22,23,24). The Hall–Kier alpha value is -2.64. The molecule has 2 unspecified atom stereocenters. The van der Waals surface area contributed by atoms with E-state index in [-0.39, 0.29) is 23.7 Å². The fraction of sp³-hybridized carbons (Fsp3) is 0.550. The molecular formula is C20H29FN6O. The molecule has 2 N–H and O–H groups in total. The lowest BCUT2D eigenvalue weighted by Gasteiger charge is -2.25. The first kappa shape index (κ1) is 20.1. The molecule has 1 aromatic carbocycles. The Bertz CT molecular complexity index is 806. The van der Waals surface area contributed by atoms with Crippen LogP contribution in [0, 0.1) is 5.82 Å². The maximum Gasteiger partial charge on any atom is 0.191 e. The van der Waals surface area contributed by atoms with E-state index in [1.807, 2.05) is 18.5 Å². The van der Waals surface area contributed by atoms with Crippen molar-refractivity contribution < 1.29 is 9.13 Å². The molecule has 2 aromatic rings. The van der Waals surface area contributed by atoms with Crippen LogP contribution in [0.1, 0.15) is 38.8 Å². The number of nitrogens with zero attached hydrogens (tertiary/aromatic N) is 4. The summed E-state index contributed by atoms with van der Waals surface area (Å²) in [5.74, 6) is 2.58. The molecular weight excluding hydrogens is 359 g/mol. The molecule has 2 heterocycles. The van der Waals surface area contributed by atoms with Crippen molar-refractivity contribution >= 4 is 5.96 Å². The van der Waals surface area contributed by atoms with Gasteiger partial charge >= 0.3 is 0 Å². The first-order valence-corrected chi connectivity index (χ1v) is 9.97. The van der Waals surface area contributed by atoms with Crippen LogP contribution in [0.4, 0.5) is 4.39 Å². The zero-order valence-electron chi connectivity index (χ0n) is 16.8. The second-order valence-electron chi connectivity index (χ2n) is 6.94. The third-order valence-electron chi connectivity index (χ3n) is 4.57. The number of guanidine groups is 1. The monoisotopic (exact) mass is 388 g/mol. The van der Waals surface area contributed by atoms with Gasteiger partial charge in [-0.25, -0.2) is 19.0 Å². The number of aryl methyl sites for hydroxylation is 2. The minimum Gasteiger partial charge on any atom is -0.486 e. The molecule has 0 amide bonds. The summed E-state index contributed by atoms with van der Waals surface area (Å²) in [6.45, 7) is 7.93. The van der Waals surface area contributed by atoms with Gasteiger partial charge in [0.05, 0.1) is 13.1 Å². The molecule has 0 aliphatic carbocycles. The Balaban J connectivity index is 1.57. The molecule has 28 heavy (non-hydrogen) atoms. The maximum absolute atomic E-state index is 13.7. The number of hydrogen-bond acceptors (Lipinski definition) is 4. The largest absolute Gasteiger partial charge is 0.486 e. The average molecular weight is 388 g/mol. The molecule has 0 spiro atoms. The van der Waals surface area contributed by atoms with Crippen LogP contribution in [0.2, 0.25) is 0 Å². The van der Waals surface area contributed by atoms with E-state index in [0.29, 0.717) is 6.54 Å². The molecule has 0 bridgehead atoms. The van der Waals surface area contributed by atoms with E-state index in [9.17, 15) is 4.39 Å². The highest BCUT2D eigenvalue weighted by Gasteiger charge is 2.22. The van der Waals surface area contributed by atoms with Crippen molar-refractivity contribution in [2.75, 3.05) is 13.1 Å². The number of nitrogens with one attached hydrogen (secondary N) is 2. The summed E-state index contributed by atoms with van der Waals surface area (Å²) < 4.78 is 21.4. The second kappa shape index (κ2) is 9.52. The highest BCUT2D eigenvalue weighted by molar-refractivity contribution is 5.80. The number of fused-ring (bicyclic) bond motifs is 1. The highest BCUT2D eigenvalue weighted by Crippen LogP contribution is 2.17. The molecule has 3 rings (SSSR count). The van der Waals surface area contributed by atoms with Gasteiger partial charge in [0, 0.05) is 25.4 Å². The van der Waals surface area contributed by atoms with Crippen LogP contribution in [0.15, 0.2) is 29.3 Å². The summed E-state index contributed by atoms with van der Waals surface area (Å²) in [6.07, 6.45) is 2.49. The van der Waals surface area contributed by atoms with E-state index in [2.05, 4.69) is 32.6 Å². The SMILES string of the molecule is CCNC(=NCC(C)Oc1ccccc1F)NC1CCc2nc(CC)nn2C1. The molecule has 0 saturated heterocycles. The van der Waals surface area contributed by atoms with Crippen LogP contribution in [0.3, 0.4) is 0 Å². The van der Waals surface area contributed by atoms with Crippen molar-refractivity contribution in [3.8, 4) is 5.75 Å². The third-order valence-corrected chi connectivity index (χ3v) is 4.57. The fourth-order valence-electron chi connectivity index (χ4n) is 3.16. The first-order chi connectivity index (χ1) is 13.6. The maximum atomic E-state index is 13.7. The van der Waals surface area contributed by atoms with Crippen LogP contribution in [-0.2, 0) is 19.4 Å². The summed E-state index contributed by atoms with van der Waals surface area (Å²) in [6, 6.07) is 6.65. The molecule has 1 aromatic heterocycles. The molecule has 1 aliphatic heterocycles. The number of hydrogen-bond donors (Lipinski definition) is 2. The van der Waals surface area contributed by atoms with Gasteiger partial charge in [-0.15, -0.1) is 0 Å². The van der Waals surface area contributed by atoms with Crippen LogP contribution in [-0.4, -0.2) is 46.0 Å². The average Bonchev–Trinajstić information content (AvgIpc) is 3.10. The number of rotatable bonds is 7. The van der Waals surface area contributed by atoms with E-state index in [1.54, 1.807) is 18.2 Å². The van der Waals surface area contributed by atoms with Crippen LogP contribution in [0.5, 0.6) is 5.75 Å². The summed E-state index contributed by atoms with van der Waals surface area (Å²) >= 11 is 0. The van der Waals surface area contributed by atoms with Gasteiger partial charge in [0.25, 0.3) is 0 Å². The summed E-state index contributed by atoms with van der Waals surface area (Å²) in [5, 5.41) is 11.3. The van der Waals surface area contributed by atoms with Gasteiger partial charge in [-0.3, -0.25) is 0 Å². The number of aliphatic imine (C=N–C) groups is 1. The van der Waals surface area contributed by atoms with Crippen LogP contribution >= 0.6 is 0 Å².